The van der Waals surface area contributed by atoms with Crippen molar-refractivity contribution in [2.24, 2.45) is 5.92 Å². The summed E-state index contributed by atoms with van der Waals surface area (Å²) >= 11 is 0. The maximum atomic E-state index is 11.6. The number of esters is 1. The quantitative estimate of drug-likeness (QED) is 0.628. The lowest BCUT2D eigenvalue weighted by Crippen LogP contribution is -2.43. The van der Waals surface area contributed by atoms with E-state index in [1.54, 1.807) is 13.0 Å². The molecule has 0 aliphatic carbocycles. The van der Waals surface area contributed by atoms with Crippen molar-refractivity contribution >= 4 is 11.8 Å². The first-order chi connectivity index (χ1) is 9.32. The van der Waals surface area contributed by atoms with E-state index in [0.29, 0.717) is 23.3 Å². The Morgan fingerprint density at radius 2 is 2.10 bits per heavy atom. The molecule has 0 radical (unpaired) electrons. The molecule has 0 bridgehead atoms. The lowest BCUT2D eigenvalue weighted by atomic mass is 9.85. The van der Waals surface area contributed by atoms with E-state index >= 15 is 0 Å². The highest BCUT2D eigenvalue weighted by molar-refractivity contribution is 5.98. The third-order valence-electron chi connectivity index (χ3n) is 4.14. The van der Waals surface area contributed by atoms with E-state index in [4.69, 9.17) is 9.47 Å². The molecule has 2 heterocycles. The van der Waals surface area contributed by atoms with E-state index in [1.165, 1.54) is 6.92 Å². The van der Waals surface area contributed by atoms with Gasteiger partial charge in [0.1, 0.15) is 11.5 Å². The number of hydrogen-bond acceptors (Lipinski definition) is 5. The lowest BCUT2D eigenvalue weighted by Gasteiger charge is -2.36. The van der Waals surface area contributed by atoms with Crippen LogP contribution in [0.1, 0.15) is 41.8 Å². The van der Waals surface area contributed by atoms with E-state index in [0.717, 1.165) is 5.56 Å². The highest BCUT2D eigenvalue weighted by Gasteiger charge is 2.51. The Balaban J connectivity index is 2.14. The maximum Gasteiger partial charge on any atom is 0.309 e. The van der Waals surface area contributed by atoms with Gasteiger partial charge in [-0.05, 0) is 31.9 Å². The highest BCUT2D eigenvalue weighted by atomic mass is 16.7. The average molecular weight is 276 g/mol. The van der Waals surface area contributed by atoms with Crippen molar-refractivity contribution in [2.45, 2.75) is 39.4 Å². The molecule has 2 aliphatic rings. The van der Waals surface area contributed by atoms with Crippen molar-refractivity contribution in [3.63, 3.8) is 0 Å². The summed E-state index contributed by atoms with van der Waals surface area (Å²) < 4.78 is 11.1. The normalized spacial score (nSPS) is 27.4. The third kappa shape index (κ3) is 1.69. The lowest BCUT2D eigenvalue weighted by molar-refractivity contribution is -0.184. The SMILES string of the molecule is CC(=O)c1cc(C)c2c(c1O)C[C@@H]1CC(=O)O[C@]1(C)O2. The van der Waals surface area contributed by atoms with Gasteiger partial charge in [-0.2, -0.15) is 0 Å². The molecular formula is C15H16O5. The number of phenolic OH excluding ortho intramolecular Hbond substituents is 1. The number of carbonyl (C=O) groups excluding carboxylic acids is 2. The number of phenols is 1. The van der Waals surface area contributed by atoms with Crippen LogP contribution in [-0.2, 0) is 16.0 Å². The molecule has 20 heavy (non-hydrogen) atoms. The van der Waals surface area contributed by atoms with Gasteiger partial charge in [-0.3, -0.25) is 9.59 Å². The van der Waals surface area contributed by atoms with Gasteiger partial charge in [0, 0.05) is 12.5 Å². The van der Waals surface area contributed by atoms with Crippen LogP contribution < -0.4 is 4.74 Å². The number of aromatic hydroxyl groups is 1. The van der Waals surface area contributed by atoms with E-state index in [9.17, 15) is 14.7 Å². The molecule has 1 N–H and O–H groups in total. The average Bonchev–Trinajstić information content (AvgIpc) is 2.64. The second kappa shape index (κ2) is 3.98. The molecule has 1 aromatic rings. The molecule has 0 saturated carbocycles. The molecule has 0 spiro atoms. The Labute approximate surface area is 116 Å². The molecule has 3 rings (SSSR count). The summed E-state index contributed by atoms with van der Waals surface area (Å²) in [5.41, 5.74) is 1.64. The van der Waals surface area contributed by atoms with Crippen molar-refractivity contribution in [1.29, 1.82) is 0 Å². The van der Waals surface area contributed by atoms with Crippen LogP contribution in [0, 0.1) is 12.8 Å². The van der Waals surface area contributed by atoms with Crippen LogP contribution >= 0.6 is 0 Å². The van der Waals surface area contributed by atoms with Gasteiger partial charge < -0.3 is 14.6 Å². The summed E-state index contributed by atoms with van der Waals surface area (Å²) in [6.07, 6.45) is 0.726. The van der Waals surface area contributed by atoms with Crippen molar-refractivity contribution < 1.29 is 24.2 Å². The van der Waals surface area contributed by atoms with Gasteiger partial charge >= 0.3 is 5.97 Å². The summed E-state index contributed by atoms with van der Waals surface area (Å²) in [5, 5.41) is 10.3. The number of hydrogen-bond donors (Lipinski definition) is 1. The Morgan fingerprint density at radius 3 is 2.75 bits per heavy atom. The molecule has 5 nitrogen and oxygen atoms in total. The molecule has 1 aromatic carbocycles. The van der Waals surface area contributed by atoms with Crippen LogP contribution in [0.25, 0.3) is 0 Å². The molecule has 0 unspecified atom stereocenters. The minimum atomic E-state index is -0.973. The fourth-order valence-electron chi connectivity index (χ4n) is 3.01. The first-order valence-corrected chi connectivity index (χ1v) is 6.59. The third-order valence-corrected chi connectivity index (χ3v) is 4.14. The van der Waals surface area contributed by atoms with Crippen molar-refractivity contribution in [2.75, 3.05) is 0 Å². The minimum Gasteiger partial charge on any atom is -0.507 e. The van der Waals surface area contributed by atoms with Gasteiger partial charge in [0.05, 0.1) is 17.9 Å². The smallest absolute Gasteiger partial charge is 0.309 e. The van der Waals surface area contributed by atoms with Crippen LogP contribution in [0.15, 0.2) is 6.07 Å². The Bertz CT molecular complexity index is 634. The minimum absolute atomic E-state index is 0.0421. The maximum absolute atomic E-state index is 11.6. The van der Waals surface area contributed by atoms with Crippen LogP contribution in [0.3, 0.4) is 0 Å². The predicted molar refractivity (Wildman–Crippen MR) is 69.8 cm³/mol. The molecule has 0 amide bonds. The molecule has 2 aliphatic heterocycles. The summed E-state index contributed by atoms with van der Waals surface area (Å²) in [6, 6.07) is 1.61. The van der Waals surface area contributed by atoms with Crippen molar-refractivity contribution in [1.82, 2.24) is 0 Å². The second-order valence-electron chi connectivity index (χ2n) is 5.65. The first-order valence-electron chi connectivity index (χ1n) is 6.59. The highest BCUT2D eigenvalue weighted by Crippen LogP contribution is 2.48. The molecule has 5 heteroatoms. The van der Waals surface area contributed by atoms with Crippen LogP contribution in [0.4, 0.5) is 0 Å². The fourth-order valence-corrected chi connectivity index (χ4v) is 3.01. The first kappa shape index (κ1) is 13.0. The molecule has 106 valence electrons. The van der Waals surface area contributed by atoms with E-state index in [-0.39, 0.29) is 29.8 Å². The van der Waals surface area contributed by atoms with Gasteiger partial charge in [0.15, 0.2) is 5.78 Å². The molecular weight excluding hydrogens is 260 g/mol. The molecule has 2 atom stereocenters. The van der Waals surface area contributed by atoms with Gasteiger partial charge in [-0.25, -0.2) is 0 Å². The fraction of sp³-hybridized carbons (Fsp3) is 0.467. The Hall–Kier alpha value is -2.04. The van der Waals surface area contributed by atoms with Crippen molar-refractivity contribution in [3.8, 4) is 11.5 Å². The summed E-state index contributed by atoms with van der Waals surface area (Å²) in [5.74, 6) is -1.14. The Morgan fingerprint density at radius 1 is 1.40 bits per heavy atom. The van der Waals surface area contributed by atoms with Crippen LogP contribution in [-0.4, -0.2) is 22.6 Å². The summed E-state index contributed by atoms with van der Waals surface area (Å²) in [7, 11) is 0. The largest absolute Gasteiger partial charge is 0.507 e. The van der Waals surface area contributed by atoms with Gasteiger partial charge in [-0.15, -0.1) is 0 Å². The zero-order chi connectivity index (χ0) is 14.7. The zero-order valence-corrected chi connectivity index (χ0v) is 11.6. The number of ether oxygens (including phenoxy) is 2. The standard InChI is InChI=1S/C15H16O5/c1-7-4-10(8(2)16)13(18)11-5-9-6-12(17)19-15(9,3)20-14(7)11/h4,9,18H,5-6H2,1-3H3/t9-,15-/m1/s1. The number of ketones is 1. The molecule has 1 saturated heterocycles. The van der Waals surface area contributed by atoms with Crippen molar-refractivity contribution in [3.05, 3.63) is 22.8 Å². The van der Waals surface area contributed by atoms with Crippen LogP contribution in [0.5, 0.6) is 11.5 Å². The number of Topliss-reactive ketones (excluding diaryl/α,β-unsaturated/α-hetero) is 1. The Kier molecular flexibility index (Phi) is 2.58. The van der Waals surface area contributed by atoms with E-state index < -0.39 is 5.79 Å². The molecule has 0 aromatic heterocycles. The van der Waals surface area contributed by atoms with E-state index in [2.05, 4.69) is 0 Å². The summed E-state index contributed by atoms with van der Waals surface area (Å²) in [6.45, 7) is 4.96. The monoisotopic (exact) mass is 276 g/mol. The molecule has 1 fully saturated rings. The number of fused-ring (bicyclic) bond motifs is 2. The number of benzene rings is 1. The number of rotatable bonds is 1. The van der Waals surface area contributed by atoms with Gasteiger partial charge in [0.2, 0.25) is 0 Å². The second-order valence-corrected chi connectivity index (χ2v) is 5.65. The zero-order valence-electron chi connectivity index (χ0n) is 11.6. The van der Waals surface area contributed by atoms with E-state index in [1.807, 2.05) is 6.92 Å². The number of carbonyl (C=O) groups is 2. The summed E-state index contributed by atoms with van der Waals surface area (Å²) in [4.78, 5) is 23.1. The van der Waals surface area contributed by atoms with Crippen LogP contribution in [0.2, 0.25) is 0 Å². The topological polar surface area (TPSA) is 72.8 Å². The predicted octanol–water partition coefficient (Wildman–Crippen LogP) is 2.12. The number of aryl methyl sites for hydroxylation is 1. The van der Waals surface area contributed by atoms with Gasteiger partial charge in [0.25, 0.3) is 5.79 Å². The van der Waals surface area contributed by atoms with Gasteiger partial charge in [-0.1, -0.05) is 0 Å².